The first-order valence-corrected chi connectivity index (χ1v) is 5.18. The molecule has 0 aromatic heterocycles. The van der Waals surface area contributed by atoms with Crippen LogP contribution in [0.15, 0.2) is 0 Å². The second-order valence-corrected chi connectivity index (χ2v) is 5.30. The van der Waals surface area contributed by atoms with Crippen LogP contribution in [0.25, 0.3) is 0 Å². The van der Waals surface area contributed by atoms with E-state index in [1.165, 1.54) is 32.4 Å². The van der Waals surface area contributed by atoms with Gasteiger partial charge in [0.2, 0.25) is 0 Å². The second-order valence-electron chi connectivity index (χ2n) is 5.30. The van der Waals surface area contributed by atoms with Crippen molar-refractivity contribution in [2.45, 2.75) is 40.0 Å². The molecule has 1 heterocycles. The Morgan fingerprint density at radius 1 is 1.08 bits per heavy atom. The number of hydrogen-bond donors (Lipinski definition) is 0. The molecule has 0 unspecified atom stereocenters. The van der Waals surface area contributed by atoms with Crippen molar-refractivity contribution >= 4 is 0 Å². The summed E-state index contributed by atoms with van der Waals surface area (Å²) in [5.41, 5.74) is 0.519. The number of hydrogen-bond acceptors (Lipinski definition) is 1. The molecule has 12 heavy (non-hydrogen) atoms. The largest absolute Gasteiger partial charge is 0.306 e. The van der Waals surface area contributed by atoms with E-state index < -0.39 is 0 Å². The molecule has 1 aliphatic rings. The molecule has 0 aromatic carbocycles. The SMILES string of the molecule is CN1CCC[C@@H](C(C)(C)C)CC1. The van der Waals surface area contributed by atoms with Crippen LogP contribution in [0.2, 0.25) is 0 Å². The van der Waals surface area contributed by atoms with E-state index in [1.54, 1.807) is 0 Å². The van der Waals surface area contributed by atoms with Crippen molar-refractivity contribution in [1.82, 2.24) is 4.90 Å². The van der Waals surface area contributed by atoms with Crippen LogP contribution in [0.4, 0.5) is 0 Å². The summed E-state index contributed by atoms with van der Waals surface area (Å²) in [5.74, 6) is 0.933. The third kappa shape index (κ3) is 2.78. The quantitative estimate of drug-likeness (QED) is 0.539. The minimum atomic E-state index is 0.519. The van der Waals surface area contributed by atoms with Gasteiger partial charge in [-0.2, -0.15) is 0 Å². The zero-order valence-corrected chi connectivity index (χ0v) is 9.06. The predicted octanol–water partition coefficient (Wildman–Crippen LogP) is 2.76. The summed E-state index contributed by atoms with van der Waals surface area (Å²) in [7, 11) is 2.24. The molecule has 1 nitrogen and oxygen atoms in total. The first-order chi connectivity index (χ1) is 5.50. The fourth-order valence-electron chi connectivity index (χ4n) is 2.11. The average molecular weight is 169 g/mol. The highest BCUT2D eigenvalue weighted by molar-refractivity contribution is 4.77. The van der Waals surface area contributed by atoms with Crippen LogP contribution in [0.5, 0.6) is 0 Å². The van der Waals surface area contributed by atoms with Crippen molar-refractivity contribution in [1.29, 1.82) is 0 Å². The van der Waals surface area contributed by atoms with Gasteiger partial charge in [0.1, 0.15) is 0 Å². The fraction of sp³-hybridized carbons (Fsp3) is 1.00. The zero-order valence-electron chi connectivity index (χ0n) is 9.06. The number of rotatable bonds is 0. The second kappa shape index (κ2) is 3.78. The Hall–Kier alpha value is -0.0400. The molecule has 0 aromatic rings. The van der Waals surface area contributed by atoms with Gasteiger partial charge in [0.05, 0.1) is 0 Å². The van der Waals surface area contributed by atoms with Gasteiger partial charge in [-0.3, -0.25) is 0 Å². The highest BCUT2D eigenvalue weighted by Crippen LogP contribution is 2.33. The van der Waals surface area contributed by atoms with E-state index in [4.69, 9.17) is 0 Å². The summed E-state index contributed by atoms with van der Waals surface area (Å²) < 4.78 is 0. The van der Waals surface area contributed by atoms with Gasteiger partial charge < -0.3 is 4.90 Å². The molecule has 0 bridgehead atoms. The highest BCUT2D eigenvalue weighted by atomic mass is 15.1. The smallest absolute Gasteiger partial charge is 0.00189 e. The molecule has 1 heteroatoms. The monoisotopic (exact) mass is 169 g/mol. The Kier molecular flexibility index (Phi) is 3.16. The molecule has 0 saturated carbocycles. The summed E-state index contributed by atoms with van der Waals surface area (Å²) in [6.45, 7) is 9.73. The molecular weight excluding hydrogens is 146 g/mol. The van der Waals surface area contributed by atoms with Gasteiger partial charge in [0.15, 0.2) is 0 Å². The van der Waals surface area contributed by atoms with Crippen LogP contribution < -0.4 is 0 Å². The van der Waals surface area contributed by atoms with Crippen LogP contribution in [0, 0.1) is 11.3 Å². The lowest BCUT2D eigenvalue weighted by atomic mass is 9.77. The van der Waals surface area contributed by atoms with Gasteiger partial charge >= 0.3 is 0 Å². The summed E-state index contributed by atoms with van der Waals surface area (Å²) in [5, 5.41) is 0. The van der Waals surface area contributed by atoms with E-state index in [2.05, 4.69) is 32.7 Å². The van der Waals surface area contributed by atoms with Gasteiger partial charge in [-0.05, 0) is 50.7 Å². The van der Waals surface area contributed by atoms with E-state index in [1.807, 2.05) is 0 Å². The van der Waals surface area contributed by atoms with Crippen LogP contribution in [-0.2, 0) is 0 Å². The Morgan fingerprint density at radius 3 is 2.33 bits per heavy atom. The Morgan fingerprint density at radius 2 is 1.75 bits per heavy atom. The number of likely N-dealkylation sites (tertiary alicyclic amines) is 1. The maximum Gasteiger partial charge on any atom is -0.00189 e. The number of nitrogens with zero attached hydrogens (tertiary/aromatic N) is 1. The lowest BCUT2D eigenvalue weighted by Gasteiger charge is -2.29. The maximum atomic E-state index is 2.46. The van der Waals surface area contributed by atoms with Crippen molar-refractivity contribution in [2.24, 2.45) is 11.3 Å². The normalized spacial score (nSPS) is 28.5. The molecule has 1 fully saturated rings. The summed E-state index contributed by atoms with van der Waals surface area (Å²) >= 11 is 0. The molecule has 1 aliphatic heterocycles. The fourth-order valence-corrected chi connectivity index (χ4v) is 2.11. The molecule has 0 radical (unpaired) electrons. The van der Waals surface area contributed by atoms with E-state index in [-0.39, 0.29) is 0 Å². The summed E-state index contributed by atoms with van der Waals surface area (Å²) in [6, 6.07) is 0. The van der Waals surface area contributed by atoms with Crippen molar-refractivity contribution in [3.05, 3.63) is 0 Å². The lowest BCUT2D eigenvalue weighted by Crippen LogP contribution is -2.23. The first-order valence-electron chi connectivity index (χ1n) is 5.18. The molecule has 0 aliphatic carbocycles. The minimum Gasteiger partial charge on any atom is -0.306 e. The molecule has 1 atom stereocenters. The molecule has 0 amide bonds. The van der Waals surface area contributed by atoms with E-state index in [0.717, 1.165) is 5.92 Å². The molecule has 1 saturated heterocycles. The van der Waals surface area contributed by atoms with Crippen molar-refractivity contribution < 1.29 is 0 Å². The highest BCUT2D eigenvalue weighted by Gasteiger charge is 2.25. The molecule has 1 rings (SSSR count). The van der Waals surface area contributed by atoms with E-state index in [0.29, 0.717) is 5.41 Å². The topological polar surface area (TPSA) is 3.24 Å². The van der Waals surface area contributed by atoms with Gasteiger partial charge in [-0.25, -0.2) is 0 Å². The van der Waals surface area contributed by atoms with E-state index >= 15 is 0 Å². The van der Waals surface area contributed by atoms with Crippen molar-refractivity contribution in [3.8, 4) is 0 Å². The van der Waals surface area contributed by atoms with Crippen LogP contribution in [0.1, 0.15) is 40.0 Å². The third-order valence-electron chi connectivity index (χ3n) is 3.18. The van der Waals surface area contributed by atoms with Gasteiger partial charge in [0.25, 0.3) is 0 Å². The van der Waals surface area contributed by atoms with Crippen molar-refractivity contribution in [3.63, 3.8) is 0 Å². The van der Waals surface area contributed by atoms with E-state index in [9.17, 15) is 0 Å². The zero-order chi connectivity index (χ0) is 9.19. The Labute approximate surface area is 77.1 Å². The minimum absolute atomic E-state index is 0.519. The van der Waals surface area contributed by atoms with Gasteiger partial charge in [-0.1, -0.05) is 20.8 Å². The van der Waals surface area contributed by atoms with Crippen LogP contribution >= 0.6 is 0 Å². The van der Waals surface area contributed by atoms with Crippen LogP contribution in [-0.4, -0.2) is 25.0 Å². The maximum absolute atomic E-state index is 2.46. The van der Waals surface area contributed by atoms with Crippen LogP contribution in [0.3, 0.4) is 0 Å². The first kappa shape index (κ1) is 10.0. The molecule has 0 N–H and O–H groups in total. The predicted molar refractivity (Wildman–Crippen MR) is 54.3 cm³/mol. The lowest BCUT2D eigenvalue weighted by molar-refractivity contribution is 0.213. The average Bonchev–Trinajstić information content (AvgIpc) is 2.11. The molecule has 0 spiro atoms. The molecule has 72 valence electrons. The Bertz CT molecular complexity index is 134. The molecular formula is C11H23N. The standard InChI is InChI=1S/C11H23N/c1-11(2,3)10-6-5-8-12(4)9-7-10/h10H,5-9H2,1-4H3/t10-/m1/s1. The third-order valence-corrected chi connectivity index (χ3v) is 3.18. The Balaban J connectivity index is 2.46. The van der Waals surface area contributed by atoms with Gasteiger partial charge in [0, 0.05) is 0 Å². The summed E-state index contributed by atoms with van der Waals surface area (Å²) in [6.07, 6.45) is 4.20. The summed E-state index contributed by atoms with van der Waals surface area (Å²) in [4.78, 5) is 2.46. The van der Waals surface area contributed by atoms with Gasteiger partial charge in [-0.15, -0.1) is 0 Å². The van der Waals surface area contributed by atoms with Crippen molar-refractivity contribution in [2.75, 3.05) is 20.1 Å².